The predicted octanol–water partition coefficient (Wildman–Crippen LogP) is 2.50. The van der Waals surface area contributed by atoms with E-state index >= 15 is 0 Å². The molecule has 2 aromatic rings. The highest BCUT2D eigenvalue weighted by molar-refractivity contribution is 5.48. The van der Waals surface area contributed by atoms with E-state index in [4.69, 9.17) is 0 Å². The van der Waals surface area contributed by atoms with E-state index in [9.17, 15) is 18.4 Å². The molecule has 1 aliphatic rings. The number of halogens is 2. The molecule has 0 unspecified atom stereocenters. The van der Waals surface area contributed by atoms with Crippen molar-refractivity contribution < 1.29 is 8.78 Å². The Morgan fingerprint density at radius 2 is 2.00 bits per heavy atom. The summed E-state index contributed by atoms with van der Waals surface area (Å²) in [5.74, 6) is -1.54. The van der Waals surface area contributed by atoms with E-state index in [0.29, 0.717) is 18.4 Å². The number of anilines is 1. The van der Waals surface area contributed by atoms with E-state index in [-0.39, 0.29) is 23.0 Å². The number of H-pyrrole nitrogens is 1. The van der Waals surface area contributed by atoms with Crippen LogP contribution in [0.4, 0.5) is 14.6 Å². The average Bonchev–Trinajstić information content (AvgIpc) is 2.49. The highest BCUT2D eigenvalue weighted by Gasteiger charge is 2.26. The van der Waals surface area contributed by atoms with E-state index in [0.717, 1.165) is 10.6 Å². The number of fused-ring (bicyclic) bond motifs is 1. The largest absolute Gasteiger partial charge is 0.364 e. The lowest BCUT2D eigenvalue weighted by atomic mass is 9.95. The molecule has 0 saturated heterocycles. The van der Waals surface area contributed by atoms with Gasteiger partial charge in [0.2, 0.25) is 0 Å². The van der Waals surface area contributed by atoms with Gasteiger partial charge in [-0.2, -0.15) is 0 Å². The number of nitrogens with zero attached hydrogens (tertiary/aromatic N) is 1. The van der Waals surface area contributed by atoms with E-state index in [2.05, 4.69) is 10.3 Å². The van der Waals surface area contributed by atoms with Gasteiger partial charge in [-0.05, 0) is 32.8 Å². The monoisotopic (exact) mass is 321 g/mol. The second-order valence-electron chi connectivity index (χ2n) is 5.93. The van der Waals surface area contributed by atoms with E-state index in [1.165, 1.54) is 12.1 Å². The molecule has 7 heteroatoms. The Morgan fingerprint density at radius 3 is 2.70 bits per heavy atom. The molecular weight excluding hydrogens is 304 g/mol. The highest BCUT2D eigenvalue weighted by Crippen LogP contribution is 2.31. The van der Waals surface area contributed by atoms with Crippen LogP contribution in [0.15, 0.2) is 27.8 Å². The molecule has 1 aromatic heterocycles. The lowest BCUT2D eigenvalue weighted by molar-refractivity contribution is 0.483. The van der Waals surface area contributed by atoms with Gasteiger partial charge in [0, 0.05) is 11.6 Å². The van der Waals surface area contributed by atoms with Crippen LogP contribution in [0, 0.1) is 11.6 Å². The van der Waals surface area contributed by atoms with Gasteiger partial charge in [0.05, 0.1) is 11.6 Å². The zero-order valence-corrected chi connectivity index (χ0v) is 12.8. The molecule has 0 bridgehead atoms. The summed E-state index contributed by atoms with van der Waals surface area (Å²) in [7, 11) is 0. The third-order valence-electron chi connectivity index (χ3n) is 4.10. The summed E-state index contributed by atoms with van der Waals surface area (Å²) in [5, 5.41) is 2.95. The summed E-state index contributed by atoms with van der Waals surface area (Å²) in [5.41, 5.74) is -0.211. The van der Waals surface area contributed by atoms with Crippen molar-refractivity contribution in [3.63, 3.8) is 0 Å². The first-order chi connectivity index (χ1) is 10.9. The molecule has 0 radical (unpaired) electrons. The predicted molar refractivity (Wildman–Crippen MR) is 82.8 cm³/mol. The lowest BCUT2D eigenvalue weighted by Crippen LogP contribution is -2.41. The first-order valence-corrected chi connectivity index (χ1v) is 7.48. The number of benzene rings is 1. The van der Waals surface area contributed by atoms with Crippen molar-refractivity contribution in [1.29, 1.82) is 0 Å². The van der Waals surface area contributed by atoms with Gasteiger partial charge in [-0.1, -0.05) is 12.1 Å². The Hall–Kier alpha value is -2.44. The minimum Gasteiger partial charge on any atom is -0.364 e. The molecule has 0 spiro atoms. The van der Waals surface area contributed by atoms with Gasteiger partial charge in [-0.3, -0.25) is 14.3 Å². The van der Waals surface area contributed by atoms with E-state index < -0.39 is 23.4 Å². The maximum atomic E-state index is 13.9. The highest BCUT2D eigenvalue weighted by atomic mass is 19.2. The normalized spacial score (nSPS) is 17.0. The molecule has 1 atom stereocenters. The smallest absolute Gasteiger partial charge is 0.330 e. The van der Waals surface area contributed by atoms with Crippen molar-refractivity contribution in [2.75, 3.05) is 5.32 Å². The van der Waals surface area contributed by atoms with Gasteiger partial charge in [-0.15, -0.1) is 0 Å². The summed E-state index contributed by atoms with van der Waals surface area (Å²) in [6.45, 7) is 3.51. The summed E-state index contributed by atoms with van der Waals surface area (Å²) in [6, 6.07) is 3.23. The van der Waals surface area contributed by atoms with Crippen LogP contribution in [0.25, 0.3) is 0 Å². The summed E-state index contributed by atoms with van der Waals surface area (Å²) >= 11 is 0. The lowest BCUT2D eigenvalue weighted by Gasteiger charge is -2.27. The minimum absolute atomic E-state index is 0.185. The summed E-state index contributed by atoms with van der Waals surface area (Å²) < 4.78 is 28.5. The third kappa shape index (κ3) is 2.56. The molecule has 1 aliphatic heterocycles. The second-order valence-corrected chi connectivity index (χ2v) is 5.93. The molecule has 0 amide bonds. The fourth-order valence-electron chi connectivity index (χ4n) is 2.97. The van der Waals surface area contributed by atoms with Crippen LogP contribution in [0.3, 0.4) is 0 Å². The molecule has 0 aliphatic carbocycles. The molecule has 23 heavy (non-hydrogen) atoms. The zero-order valence-electron chi connectivity index (χ0n) is 12.8. The van der Waals surface area contributed by atoms with Crippen LogP contribution in [0.1, 0.15) is 43.5 Å². The van der Waals surface area contributed by atoms with Crippen molar-refractivity contribution in [3.05, 3.63) is 61.8 Å². The van der Waals surface area contributed by atoms with Crippen LogP contribution >= 0.6 is 0 Å². The molecule has 1 aromatic carbocycles. The number of aromatic amines is 1. The maximum absolute atomic E-state index is 13.9. The van der Waals surface area contributed by atoms with Crippen molar-refractivity contribution in [2.24, 2.45) is 0 Å². The minimum atomic E-state index is -0.918. The molecule has 2 N–H and O–H groups in total. The first-order valence-electron chi connectivity index (χ1n) is 7.48. The number of hydrogen-bond acceptors (Lipinski definition) is 3. The third-order valence-corrected chi connectivity index (χ3v) is 4.10. The molecule has 0 saturated carbocycles. The number of hydrogen-bond donors (Lipinski definition) is 2. The standard InChI is InChI=1S/C16H17F2N3O2/c1-8(2)21-15(22)10-6-7-12(19-14(10)20-16(21)23)9-4-3-5-11(17)13(9)18/h3-5,8,12,19H,6-7H2,1-2H3,(H,20,23)/t12-/m1/s1. The Kier molecular flexibility index (Phi) is 3.79. The molecule has 3 rings (SSSR count). The summed E-state index contributed by atoms with van der Waals surface area (Å²) in [6.07, 6.45) is 0.817. The number of rotatable bonds is 2. The van der Waals surface area contributed by atoms with Gasteiger partial charge in [0.25, 0.3) is 5.56 Å². The van der Waals surface area contributed by atoms with Gasteiger partial charge in [0.1, 0.15) is 5.82 Å². The summed E-state index contributed by atoms with van der Waals surface area (Å²) in [4.78, 5) is 27.1. The van der Waals surface area contributed by atoms with Crippen molar-refractivity contribution in [2.45, 2.75) is 38.8 Å². The van der Waals surface area contributed by atoms with Crippen LogP contribution in [-0.2, 0) is 6.42 Å². The van der Waals surface area contributed by atoms with Gasteiger partial charge in [-0.25, -0.2) is 13.6 Å². The quantitative estimate of drug-likeness (QED) is 0.893. The van der Waals surface area contributed by atoms with E-state index in [1.54, 1.807) is 13.8 Å². The van der Waals surface area contributed by atoms with Crippen molar-refractivity contribution in [1.82, 2.24) is 9.55 Å². The van der Waals surface area contributed by atoms with Crippen molar-refractivity contribution >= 4 is 5.82 Å². The topological polar surface area (TPSA) is 66.9 Å². The maximum Gasteiger partial charge on any atom is 0.330 e. The van der Waals surface area contributed by atoms with Crippen LogP contribution < -0.4 is 16.6 Å². The second kappa shape index (κ2) is 5.64. The molecule has 2 heterocycles. The average molecular weight is 321 g/mol. The van der Waals surface area contributed by atoms with Gasteiger partial charge < -0.3 is 5.32 Å². The van der Waals surface area contributed by atoms with Crippen molar-refractivity contribution in [3.8, 4) is 0 Å². The van der Waals surface area contributed by atoms with Gasteiger partial charge in [0.15, 0.2) is 11.6 Å². The molecule has 5 nitrogen and oxygen atoms in total. The number of nitrogens with one attached hydrogen (secondary N) is 2. The molecule has 122 valence electrons. The Balaban J connectivity index is 2.04. The van der Waals surface area contributed by atoms with Crippen LogP contribution in [0.2, 0.25) is 0 Å². The Morgan fingerprint density at radius 1 is 1.26 bits per heavy atom. The molecular formula is C16H17F2N3O2. The fourth-order valence-corrected chi connectivity index (χ4v) is 2.97. The van der Waals surface area contributed by atoms with Crippen LogP contribution in [-0.4, -0.2) is 9.55 Å². The van der Waals surface area contributed by atoms with Gasteiger partial charge >= 0.3 is 5.69 Å². The van der Waals surface area contributed by atoms with E-state index in [1.807, 2.05) is 0 Å². The number of aromatic nitrogens is 2. The Bertz CT molecular complexity index is 871. The SMILES string of the molecule is CC(C)n1c(=O)[nH]c2c(c1=O)CC[C@H](c1cccc(F)c1F)N2. The zero-order chi connectivity index (χ0) is 16.7. The fraction of sp³-hybridized carbons (Fsp3) is 0.375. The Labute approximate surface area is 131 Å². The molecule has 0 fully saturated rings. The van der Waals surface area contributed by atoms with Crippen LogP contribution in [0.5, 0.6) is 0 Å². The first kappa shape index (κ1) is 15.5.